The lowest BCUT2D eigenvalue weighted by Gasteiger charge is -2.33. The highest BCUT2D eigenvalue weighted by Crippen LogP contribution is 2.30. The molecule has 1 aliphatic heterocycles. The van der Waals surface area contributed by atoms with Crippen LogP contribution in [0.15, 0.2) is 72.0 Å². The number of ether oxygens (including phenoxy) is 1. The third-order valence-electron chi connectivity index (χ3n) is 7.33. The zero-order valence-corrected chi connectivity index (χ0v) is 22.4. The van der Waals surface area contributed by atoms with E-state index in [1.54, 1.807) is 0 Å². The Bertz CT molecular complexity index is 1300. The van der Waals surface area contributed by atoms with Gasteiger partial charge in [0.15, 0.2) is 0 Å². The van der Waals surface area contributed by atoms with Crippen LogP contribution in [0.4, 0.5) is 11.5 Å². The summed E-state index contributed by atoms with van der Waals surface area (Å²) in [6.45, 7) is 5.66. The lowest BCUT2D eigenvalue weighted by Crippen LogP contribution is -2.44. The van der Waals surface area contributed by atoms with Gasteiger partial charge in [-0.3, -0.25) is 14.6 Å². The van der Waals surface area contributed by atoms with Crippen molar-refractivity contribution in [2.75, 3.05) is 43.0 Å². The zero-order valence-electron chi connectivity index (χ0n) is 22.4. The molecule has 1 saturated heterocycles. The number of hydrazone groups is 1. The van der Waals surface area contributed by atoms with Crippen LogP contribution in [0.25, 0.3) is 0 Å². The van der Waals surface area contributed by atoms with E-state index in [0.717, 1.165) is 62.5 Å². The smallest absolute Gasteiger partial charge is 0.306 e. The molecule has 1 unspecified atom stereocenters. The van der Waals surface area contributed by atoms with E-state index in [9.17, 15) is 9.59 Å². The molecule has 1 N–H and O–H groups in total. The van der Waals surface area contributed by atoms with Gasteiger partial charge in [-0.05, 0) is 85.2 Å². The normalized spacial score (nSPS) is 17.1. The molecule has 0 saturated carbocycles. The van der Waals surface area contributed by atoms with Gasteiger partial charge in [0, 0.05) is 37.0 Å². The van der Waals surface area contributed by atoms with Gasteiger partial charge in [0.05, 0.1) is 25.9 Å². The maximum atomic E-state index is 12.9. The number of esters is 1. The van der Waals surface area contributed by atoms with E-state index in [0.29, 0.717) is 18.6 Å². The quantitative estimate of drug-likeness (QED) is 0.343. The molecule has 2 aromatic carbocycles. The number of carbonyl (C=O) groups is 2. The summed E-state index contributed by atoms with van der Waals surface area (Å²) in [5.41, 5.74) is 4.79. The van der Waals surface area contributed by atoms with Crippen molar-refractivity contribution in [2.45, 2.75) is 32.6 Å². The van der Waals surface area contributed by atoms with Gasteiger partial charge in [-0.2, -0.15) is 5.10 Å². The monoisotopic (exact) mass is 525 g/mol. The van der Waals surface area contributed by atoms with E-state index >= 15 is 0 Å². The van der Waals surface area contributed by atoms with Crippen molar-refractivity contribution in [3.8, 4) is 0 Å². The second-order valence-electron chi connectivity index (χ2n) is 10.1. The van der Waals surface area contributed by atoms with Crippen LogP contribution in [-0.2, 0) is 22.4 Å². The fourth-order valence-corrected chi connectivity index (χ4v) is 5.19. The van der Waals surface area contributed by atoms with Gasteiger partial charge >= 0.3 is 5.97 Å². The molecular formula is C31H35N5O3. The second-order valence-corrected chi connectivity index (χ2v) is 10.1. The molecule has 3 aromatic rings. The molecule has 2 heterocycles. The lowest BCUT2D eigenvalue weighted by molar-refractivity contribution is -0.144. The second kappa shape index (κ2) is 12.6. The number of carbonyl (C=O) groups excluding carboxylic acids is 2. The standard InChI is InChI=1S/C31H35N5O3/c1-2-39-30(37)20-24-8-9-25-12-13-28(21-27(25)19-24)34-31(38)26-10-6-23(7-11-26)22-33-36-17-15-35(16-18-36)29-5-3-4-14-32-29/h3-7,10-14,21-22,24H,2,8-9,15-20H2,1H3,(H,34,38)/b33-22+. The van der Waals surface area contributed by atoms with Crippen molar-refractivity contribution in [3.05, 3.63) is 89.1 Å². The van der Waals surface area contributed by atoms with Crippen LogP contribution in [0.2, 0.25) is 0 Å². The fraction of sp³-hybridized carbons (Fsp3) is 0.355. The summed E-state index contributed by atoms with van der Waals surface area (Å²) in [6, 6.07) is 19.5. The molecule has 1 amide bonds. The molecule has 1 aliphatic carbocycles. The summed E-state index contributed by atoms with van der Waals surface area (Å²) in [7, 11) is 0. The topological polar surface area (TPSA) is 87.1 Å². The molecular weight excluding hydrogens is 490 g/mol. The van der Waals surface area contributed by atoms with Crippen molar-refractivity contribution in [3.63, 3.8) is 0 Å². The average Bonchev–Trinajstić information content (AvgIpc) is 2.97. The number of nitrogens with zero attached hydrogens (tertiary/aromatic N) is 4. The van der Waals surface area contributed by atoms with E-state index in [-0.39, 0.29) is 17.8 Å². The number of rotatable bonds is 8. The lowest BCUT2D eigenvalue weighted by atomic mass is 9.82. The van der Waals surface area contributed by atoms with Gasteiger partial charge < -0.3 is 15.0 Å². The van der Waals surface area contributed by atoms with E-state index < -0.39 is 0 Å². The Labute approximate surface area is 229 Å². The van der Waals surface area contributed by atoms with E-state index in [4.69, 9.17) is 4.74 Å². The van der Waals surface area contributed by atoms with Gasteiger partial charge in [-0.25, -0.2) is 4.98 Å². The van der Waals surface area contributed by atoms with Crippen molar-refractivity contribution in [1.82, 2.24) is 9.99 Å². The van der Waals surface area contributed by atoms with Crippen molar-refractivity contribution in [1.29, 1.82) is 0 Å². The Morgan fingerprint density at radius 2 is 1.87 bits per heavy atom. The van der Waals surface area contributed by atoms with E-state index in [2.05, 4.69) is 31.4 Å². The predicted molar refractivity (Wildman–Crippen MR) is 153 cm³/mol. The number of benzene rings is 2. The van der Waals surface area contributed by atoms with E-state index in [1.807, 2.05) is 73.9 Å². The van der Waals surface area contributed by atoms with Crippen LogP contribution in [0.3, 0.4) is 0 Å². The maximum absolute atomic E-state index is 12.9. The summed E-state index contributed by atoms with van der Waals surface area (Å²) < 4.78 is 5.12. The Kier molecular flexibility index (Phi) is 8.51. The molecule has 1 fully saturated rings. The first-order chi connectivity index (χ1) is 19.1. The molecule has 2 aliphatic rings. The van der Waals surface area contributed by atoms with Gasteiger partial charge in [-0.15, -0.1) is 0 Å². The maximum Gasteiger partial charge on any atom is 0.306 e. The van der Waals surface area contributed by atoms with Crippen LogP contribution in [0.5, 0.6) is 0 Å². The number of aromatic nitrogens is 1. The minimum absolute atomic E-state index is 0.132. The number of anilines is 2. The first-order valence-corrected chi connectivity index (χ1v) is 13.7. The van der Waals surface area contributed by atoms with Crippen LogP contribution >= 0.6 is 0 Å². The molecule has 8 heteroatoms. The predicted octanol–water partition coefficient (Wildman–Crippen LogP) is 4.55. The molecule has 0 radical (unpaired) electrons. The molecule has 1 atom stereocenters. The van der Waals surface area contributed by atoms with Crippen LogP contribution in [0, 0.1) is 5.92 Å². The van der Waals surface area contributed by atoms with Gasteiger partial charge in [0.25, 0.3) is 5.91 Å². The third-order valence-corrected chi connectivity index (χ3v) is 7.33. The van der Waals surface area contributed by atoms with Crippen molar-refractivity contribution < 1.29 is 14.3 Å². The largest absolute Gasteiger partial charge is 0.466 e. The van der Waals surface area contributed by atoms with Crippen molar-refractivity contribution in [2.24, 2.45) is 11.0 Å². The summed E-state index contributed by atoms with van der Waals surface area (Å²) in [5.74, 6) is 1.00. The summed E-state index contributed by atoms with van der Waals surface area (Å²) >= 11 is 0. The Morgan fingerprint density at radius 3 is 2.62 bits per heavy atom. The molecule has 0 spiro atoms. The summed E-state index contributed by atoms with van der Waals surface area (Å²) in [4.78, 5) is 31.5. The summed E-state index contributed by atoms with van der Waals surface area (Å²) in [5, 5.41) is 9.72. The number of pyridine rings is 1. The zero-order chi connectivity index (χ0) is 27.0. The van der Waals surface area contributed by atoms with Crippen LogP contribution < -0.4 is 10.2 Å². The van der Waals surface area contributed by atoms with Crippen LogP contribution in [-0.4, -0.2) is 60.9 Å². The molecule has 0 bridgehead atoms. The number of fused-ring (bicyclic) bond motifs is 1. The minimum atomic E-state index is -0.150. The highest BCUT2D eigenvalue weighted by molar-refractivity contribution is 6.04. The first-order valence-electron chi connectivity index (χ1n) is 13.7. The fourth-order valence-electron chi connectivity index (χ4n) is 5.19. The molecule has 8 nitrogen and oxygen atoms in total. The molecule has 202 valence electrons. The number of amides is 1. The number of nitrogens with one attached hydrogen (secondary N) is 1. The first kappa shape index (κ1) is 26.4. The van der Waals surface area contributed by atoms with Gasteiger partial charge in [0.1, 0.15) is 5.82 Å². The van der Waals surface area contributed by atoms with Gasteiger partial charge in [-0.1, -0.05) is 24.3 Å². The highest BCUT2D eigenvalue weighted by atomic mass is 16.5. The molecule has 5 rings (SSSR count). The average molecular weight is 526 g/mol. The SMILES string of the molecule is CCOC(=O)CC1CCc2ccc(NC(=O)c3ccc(/C=N/N4CCN(c5ccccn5)CC4)cc3)cc2C1. The number of piperazine rings is 1. The number of hydrogen-bond donors (Lipinski definition) is 1. The summed E-state index contributed by atoms with van der Waals surface area (Å²) in [6.07, 6.45) is 6.85. The molecule has 39 heavy (non-hydrogen) atoms. The number of hydrogen-bond acceptors (Lipinski definition) is 7. The Morgan fingerprint density at radius 1 is 1.05 bits per heavy atom. The third kappa shape index (κ3) is 7.02. The Hall–Kier alpha value is -4.20. The molecule has 1 aromatic heterocycles. The minimum Gasteiger partial charge on any atom is -0.466 e. The Balaban J connectivity index is 1.13. The van der Waals surface area contributed by atoms with E-state index in [1.165, 1.54) is 11.1 Å². The van der Waals surface area contributed by atoms with Crippen molar-refractivity contribution >= 4 is 29.6 Å². The van der Waals surface area contributed by atoms with Crippen LogP contribution in [0.1, 0.15) is 46.8 Å². The number of aryl methyl sites for hydroxylation is 1. The highest BCUT2D eigenvalue weighted by Gasteiger charge is 2.22. The van der Waals surface area contributed by atoms with Gasteiger partial charge in [0.2, 0.25) is 0 Å².